The highest BCUT2D eigenvalue weighted by Gasteiger charge is 2.36. The minimum absolute atomic E-state index is 0.0930. The highest BCUT2D eigenvalue weighted by atomic mass is 35.5. The van der Waals surface area contributed by atoms with E-state index in [4.69, 9.17) is 49.0 Å². The van der Waals surface area contributed by atoms with Gasteiger partial charge in [0.25, 0.3) is 0 Å². The van der Waals surface area contributed by atoms with Crippen LogP contribution in [0, 0.1) is 0 Å². The summed E-state index contributed by atoms with van der Waals surface area (Å²) in [6.45, 7) is 0.346. The van der Waals surface area contributed by atoms with Gasteiger partial charge in [-0.25, -0.2) is 9.78 Å². The van der Waals surface area contributed by atoms with E-state index in [1.807, 2.05) is 24.3 Å². The Hall–Kier alpha value is -3.24. The van der Waals surface area contributed by atoms with E-state index in [-0.39, 0.29) is 15.9 Å². The van der Waals surface area contributed by atoms with Crippen molar-refractivity contribution in [2.24, 2.45) is 0 Å². The van der Waals surface area contributed by atoms with Crippen LogP contribution in [0.3, 0.4) is 0 Å². The van der Waals surface area contributed by atoms with Crippen LogP contribution in [0.5, 0.6) is 11.5 Å². The summed E-state index contributed by atoms with van der Waals surface area (Å²) in [5, 5.41) is 14.3. The quantitative estimate of drug-likeness (QED) is 0.294. The molecular formula is C25H21Cl3N4O5. The van der Waals surface area contributed by atoms with E-state index in [0.717, 1.165) is 11.1 Å². The Morgan fingerprint density at radius 1 is 1.14 bits per heavy atom. The van der Waals surface area contributed by atoms with Gasteiger partial charge in [-0.05, 0) is 24.3 Å². The van der Waals surface area contributed by atoms with Crippen LogP contribution in [0.25, 0.3) is 5.69 Å². The number of carboxylic acids is 1. The third-order valence-corrected chi connectivity index (χ3v) is 7.07. The van der Waals surface area contributed by atoms with Gasteiger partial charge >= 0.3 is 5.97 Å². The summed E-state index contributed by atoms with van der Waals surface area (Å²) in [7, 11) is 3.13. The Kier molecular flexibility index (Phi) is 7.04. The molecule has 9 nitrogen and oxygen atoms in total. The molecular weight excluding hydrogens is 543 g/mol. The monoisotopic (exact) mass is 562 g/mol. The Bertz CT molecular complexity index is 1490. The van der Waals surface area contributed by atoms with Crippen molar-refractivity contribution < 1.29 is 24.1 Å². The van der Waals surface area contributed by atoms with Crippen molar-refractivity contribution in [3.8, 4) is 17.2 Å². The van der Waals surface area contributed by atoms with Gasteiger partial charge in [0, 0.05) is 35.3 Å². The number of para-hydroxylation sites is 1. The predicted octanol–water partition coefficient (Wildman–Crippen LogP) is 6.00. The summed E-state index contributed by atoms with van der Waals surface area (Å²) in [5.74, 6) is 0.503. The first kappa shape index (κ1) is 25.4. The van der Waals surface area contributed by atoms with E-state index in [1.165, 1.54) is 12.4 Å². The molecule has 1 aliphatic heterocycles. The Morgan fingerprint density at radius 3 is 2.65 bits per heavy atom. The van der Waals surface area contributed by atoms with Crippen LogP contribution in [0.1, 0.15) is 45.9 Å². The van der Waals surface area contributed by atoms with Crippen LogP contribution in [-0.4, -0.2) is 44.6 Å². The second kappa shape index (κ2) is 10.3. The predicted molar refractivity (Wildman–Crippen MR) is 138 cm³/mol. The Morgan fingerprint density at radius 2 is 1.95 bits per heavy atom. The molecule has 2 aromatic heterocycles. The highest BCUT2D eigenvalue weighted by molar-refractivity contribution is 6.40. The molecule has 0 amide bonds. The van der Waals surface area contributed by atoms with Gasteiger partial charge in [-0.3, -0.25) is 9.25 Å². The molecule has 5 rings (SSSR count). The van der Waals surface area contributed by atoms with Crippen LogP contribution in [0.2, 0.25) is 15.3 Å². The van der Waals surface area contributed by atoms with Crippen molar-refractivity contribution in [2.75, 3.05) is 14.2 Å². The maximum absolute atomic E-state index is 11.3. The molecule has 3 heterocycles. The number of aromatic carboxylic acids is 1. The molecule has 12 heteroatoms. The lowest BCUT2D eigenvalue weighted by Crippen LogP contribution is -2.15. The lowest BCUT2D eigenvalue weighted by Gasteiger charge is -2.25. The molecule has 37 heavy (non-hydrogen) atoms. The molecule has 2 aromatic carbocycles. The van der Waals surface area contributed by atoms with Crippen molar-refractivity contribution in [2.45, 2.75) is 25.2 Å². The number of carboxylic acid groups (broad SMARTS) is 1. The smallest absolute Gasteiger partial charge is 0.338 e. The molecule has 1 aliphatic rings. The number of aryl methyl sites for hydroxylation is 1. The highest BCUT2D eigenvalue weighted by Crippen LogP contribution is 2.47. The van der Waals surface area contributed by atoms with Gasteiger partial charge in [0.1, 0.15) is 18.0 Å². The molecule has 0 radical (unpaired) electrons. The van der Waals surface area contributed by atoms with Crippen LogP contribution < -0.4 is 9.47 Å². The van der Waals surface area contributed by atoms with Gasteiger partial charge in [0.2, 0.25) is 0 Å². The number of ether oxygens (including phenoxy) is 3. The second-order valence-electron chi connectivity index (χ2n) is 8.26. The maximum atomic E-state index is 11.3. The topological polar surface area (TPSA) is 101 Å². The fourth-order valence-electron chi connectivity index (χ4n) is 4.47. The van der Waals surface area contributed by atoms with Crippen LogP contribution in [0.4, 0.5) is 0 Å². The number of methoxy groups -OCH3 is 2. The number of fused-ring (bicyclic) bond motifs is 3. The number of nitrogens with zero attached hydrogens (tertiary/aromatic N) is 4. The van der Waals surface area contributed by atoms with Crippen LogP contribution in [0.15, 0.2) is 48.8 Å². The molecule has 192 valence electrons. The Balaban J connectivity index is 1.65. The number of imidazole rings is 1. The molecule has 0 aliphatic carbocycles. The summed E-state index contributed by atoms with van der Waals surface area (Å²) in [4.78, 5) is 15.8. The maximum Gasteiger partial charge on any atom is 0.338 e. The van der Waals surface area contributed by atoms with E-state index in [1.54, 1.807) is 35.6 Å². The number of rotatable bonds is 7. The minimum Gasteiger partial charge on any atom is -0.493 e. The van der Waals surface area contributed by atoms with E-state index < -0.39 is 18.2 Å². The van der Waals surface area contributed by atoms with Crippen molar-refractivity contribution in [3.63, 3.8) is 0 Å². The van der Waals surface area contributed by atoms with Crippen LogP contribution in [-0.2, 0) is 11.3 Å². The zero-order valence-corrected chi connectivity index (χ0v) is 22.0. The Labute approximate surface area is 227 Å². The van der Waals surface area contributed by atoms with Gasteiger partial charge < -0.3 is 19.3 Å². The zero-order chi connectivity index (χ0) is 26.3. The standard InChI is InChI=1S/C25H21Cl3N4O5/c1-35-18-5-3-4-15(21(18)36-2)20-16-10-14(26)6-7-17(16)32-23(28)22(27)30-24(32)19(37-20)8-9-31-12-13(11-29-31)25(33)34/h3-7,10-12,19-20H,8-9H2,1-2H3,(H,33,34). The van der Waals surface area contributed by atoms with Crippen molar-refractivity contribution in [1.29, 1.82) is 0 Å². The first-order valence-electron chi connectivity index (χ1n) is 11.2. The van der Waals surface area contributed by atoms with Crippen molar-refractivity contribution in [3.05, 3.63) is 86.6 Å². The van der Waals surface area contributed by atoms with Gasteiger partial charge in [0.15, 0.2) is 21.8 Å². The third kappa shape index (κ3) is 4.64. The van der Waals surface area contributed by atoms with Gasteiger partial charge in [-0.15, -0.1) is 0 Å². The molecule has 0 bridgehead atoms. The summed E-state index contributed by atoms with van der Waals surface area (Å²) in [5.41, 5.74) is 2.24. The summed E-state index contributed by atoms with van der Waals surface area (Å²) in [6, 6.07) is 10.9. The number of halogens is 3. The molecule has 0 fully saturated rings. The van der Waals surface area contributed by atoms with Gasteiger partial charge in [0.05, 0.1) is 31.7 Å². The molecule has 0 saturated heterocycles. The minimum atomic E-state index is -1.05. The molecule has 1 N–H and O–H groups in total. The molecule has 2 unspecified atom stereocenters. The van der Waals surface area contributed by atoms with Crippen molar-refractivity contribution >= 4 is 40.8 Å². The molecule has 0 saturated carbocycles. The van der Waals surface area contributed by atoms with E-state index in [2.05, 4.69) is 10.1 Å². The second-order valence-corrected chi connectivity index (χ2v) is 9.42. The number of aromatic nitrogens is 4. The normalized spacial score (nSPS) is 16.6. The number of hydrogen-bond acceptors (Lipinski definition) is 6. The zero-order valence-electron chi connectivity index (χ0n) is 19.7. The number of benzene rings is 2. The SMILES string of the molecule is COc1cccc(C2OC(CCn3cc(C(=O)O)cn3)c3nc(Cl)c(Cl)n3-c3ccc(Cl)cc32)c1OC. The first-order chi connectivity index (χ1) is 17.8. The molecule has 4 aromatic rings. The lowest BCUT2D eigenvalue weighted by molar-refractivity contribution is -0.00407. The summed E-state index contributed by atoms with van der Waals surface area (Å²) in [6.07, 6.45) is 1.88. The fraction of sp³-hybridized carbons (Fsp3) is 0.240. The third-order valence-electron chi connectivity index (χ3n) is 6.13. The summed E-state index contributed by atoms with van der Waals surface area (Å²) >= 11 is 19.4. The summed E-state index contributed by atoms with van der Waals surface area (Å²) < 4.78 is 21.3. The first-order valence-corrected chi connectivity index (χ1v) is 12.3. The molecule has 2 atom stereocenters. The fourth-order valence-corrected chi connectivity index (χ4v) is 5.05. The van der Waals surface area contributed by atoms with Crippen LogP contribution >= 0.6 is 34.8 Å². The van der Waals surface area contributed by atoms with Crippen molar-refractivity contribution in [1.82, 2.24) is 19.3 Å². The molecule has 0 spiro atoms. The van der Waals surface area contributed by atoms with Gasteiger partial charge in [-0.1, -0.05) is 46.9 Å². The lowest BCUT2D eigenvalue weighted by atomic mass is 9.98. The number of carbonyl (C=O) groups is 1. The van der Waals surface area contributed by atoms with Gasteiger partial charge in [-0.2, -0.15) is 5.10 Å². The average Bonchev–Trinajstić information content (AvgIpc) is 3.45. The van der Waals surface area contributed by atoms with E-state index in [0.29, 0.717) is 41.0 Å². The van der Waals surface area contributed by atoms with E-state index in [9.17, 15) is 9.90 Å². The van der Waals surface area contributed by atoms with E-state index >= 15 is 0 Å². The average molecular weight is 564 g/mol. The largest absolute Gasteiger partial charge is 0.493 e. The number of hydrogen-bond donors (Lipinski definition) is 1.